The highest BCUT2D eigenvalue weighted by Crippen LogP contribution is 2.25. The van der Waals surface area contributed by atoms with Crippen LogP contribution in [0.3, 0.4) is 0 Å². The van der Waals surface area contributed by atoms with E-state index in [1.165, 1.54) is 7.11 Å². The van der Waals surface area contributed by atoms with Crippen molar-refractivity contribution >= 4 is 21.5 Å². The molecule has 1 aliphatic rings. The van der Waals surface area contributed by atoms with Crippen molar-refractivity contribution in [1.29, 1.82) is 0 Å². The van der Waals surface area contributed by atoms with Crippen molar-refractivity contribution in [1.82, 2.24) is 0 Å². The summed E-state index contributed by atoms with van der Waals surface area (Å²) in [4.78, 5) is 13.3. The number of hydrogen-bond acceptors (Lipinski definition) is 6. The number of rotatable bonds is 4. The highest BCUT2D eigenvalue weighted by molar-refractivity contribution is 7.91. The van der Waals surface area contributed by atoms with Crippen molar-refractivity contribution in [3.8, 4) is 0 Å². The van der Waals surface area contributed by atoms with E-state index in [1.54, 1.807) is 12.1 Å². The van der Waals surface area contributed by atoms with Crippen LogP contribution in [0.2, 0.25) is 0 Å². The number of sulfone groups is 1. The first-order valence-corrected chi connectivity index (χ1v) is 8.52. The van der Waals surface area contributed by atoms with Crippen LogP contribution in [0, 0.1) is 0 Å². The molecule has 2 rings (SSSR count). The Morgan fingerprint density at radius 3 is 2.57 bits per heavy atom. The molecule has 0 saturated carbocycles. The molecule has 1 N–H and O–H groups in total. The Bertz CT molecular complexity index is 612. The molecule has 6 nitrogen and oxygen atoms in total. The monoisotopic (exact) mass is 313 g/mol. The number of carbonyl (C=O) groups is 1. The molecule has 1 fully saturated rings. The first-order chi connectivity index (χ1) is 9.95. The third-order valence-corrected chi connectivity index (χ3v) is 5.19. The van der Waals surface area contributed by atoms with Gasteiger partial charge in [-0.3, -0.25) is 4.79 Å². The molecule has 7 heteroatoms. The smallest absolute Gasteiger partial charge is 0.309 e. The second kappa shape index (κ2) is 6.44. The average molecular weight is 313 g/mol. The lowest BCUT2D eigenvalue weighted by Gasteiger charge is -2.30. The second-order valence-electron chi connectivity index (χ2n) is 5.01. The normalized spacial score (nSPS) is 17.5. The number of nitrogens with zero attached hydrogens (tertiary/aromatic N) is 1. The van der Waals surface area contributed by atoms with Gasteiger partial charge >= 0.3 is 5.97 Å². The lowest BCUT2D eigenvalue weighted by Crippen LogP contribution is -2.40. The Balaban J connectivity index is 2.24. The van der Waals surface area contributed by atoms with Crippen LogP contribution in [-0.4, -0.2) is 51.2 Å². The van der Waals surface area contributed by atoms with Crippen molar-refractivity contribution in [3.05, 3.63) is 29.3 Å². The molecule has 1 aliphatic heterocycles. The summed E-state index contributed by atoms with van der Waals surface area (Å²) in [5.41, 5.74) is 2.29. The first-order valence-electron chi connectivity index (χ1n) is 6.70. The number of esters is 1. The van der Waals surface area contributed by atoms with Gasteiger partial charge in [0.1, 0.15) is 0 Å². The van der Waals surface area contributed by atoms with Crippen molar-refractivity contribution in [3.63, 3.8) is 0 Å². The van der Waals surface area contributed by atoms with Crippen LogP contribution >= 0.6 is 0 Å². The van der Waals surface area contributed by atoms with Gasteiger partial charge in [0, 0.05) is 24.3 Å². The van der Waals surface area contributed by atoms with Crippen LogP contribution in [0.4, 0.5) is 5.69 Å². The molecular formula is C14H19NO5S. The van der Waals surface area contributed by atoms with Gasteiger partial charge in [0.05, 0.1) is 31.6 Å². The third-order valence-electron chi connectivity index (χ3n) is 3.58. The van der Waals surface area contributed by atoms with Crippen LogP contribution in [-0.2, 0) is 32.4 Å². The molecule has 1 aromatic carbocycles. The summed E-state index contributed by atoms with van der Waals surface area (Å²) < 4.78 is 27.6. The van der Waals surface area contributed by atoms with E-state index in [-0.39, 0.29) is 30.5 Å². The van der Waals surface area contributed by atoms with Crippen LogP contribution < -0.4 is 4.90 Å². The van der Waals surface area contributed by atoms with Gasteiger partial charge < -0.3 is 14.7 Å². The average Bonchev–Trinajstić information content (AvgIpc) is 2.47. The molecule has 116 valence electrons. The zero-order valence-electron chi connectivity index (χ0n) is 11.9. The first kappa shape index (κ1) is 15.8. The predicted molar refractivity (Wildman–Crippen MR) is 79.0 cm³/mol. The van der Waals surface area contributed by atoms with Crippen molar-refractivity contribution in [2.45, 2.75) is 13.0 Å². The summed E-state index contributed by atoms with van der Waals surface area (Å²) in [6.45, 7) is 0.672. The Kier molecular flexibility index (Phi) is 4.84. The highest BCUT2D eigenvalue weighted by atomic mass is 32.2. The number of carbonyl (C=O) groups excluding carboxylic acids is 1. The standard InChI is InChI=1S/C14H19NO5S/c1-20-14(17)9-11-2-3-12(10-16)13(8-11)15-4-6-21(18,19)7-5-15/h2-3,8,16H,4-7,9-10H2,1H3. The summed E-state index contributed by atoms with van der Waals surface area (Å²) in [6, 6.07) is 5.35. The molecule has 0 aliphatic carbocycles. The molecule has 1 heterocycles. The van der Waals surface area contributed by atoms with E-state index < -0.39 is 9.84 Å². The van der Waals surface area contributed by atoms with Gasteiger partial charge in [0.25, 0.3) is 0 Å². The van der Waals surface area contributed by atoms with E-state index in [4.69, 9.17) is 0 Å². The number of aliphatic hydroxyl groups is 1. The molecule has 1 saturated heterocycles. The summed E-state index contributed by atoms with van der Waals surface area (Å²) in [7, 11) is -1.62. The summed E-state index contributed by atoms with van der Waals surface area (Å²) in [5.74, 6) is -0.114. The van der Waals surface area contributed by atoms with Crippen LogP contribution in [0.25, 0.3) is 0 Å². The SMILES string of the molecule is COC(=O)Cc1ccc(CO)c(N2CCS(=O)(=O)CC2)c1. The Morgan fingerprint density at radius 2 is 2.00 bits per heavy atom. The maximum atomic E-state index is 11.5. The summed E-state index contributed by atoms with van der Waals surface area (Å²) in [6.07, 6.45) is 0.154. The number of hydrogen-bond donors (Lipinski definition) is 1. The van der Waals surface area contributed by atoms with E-state index in [0.717, 1.165) is 16.8 Å². The number of aliphatic hydroxyl groups excluding tert-OH is 1. The summed E-state index contributed by atoms with van der Waals surface area (Å²) in [5, 5.41) is 9.43. The Hall–Kier alpha value is -1.60. The van der Waals surface area contributed by atoms with Gasteiger partial charge in [-0.25, -0.2) is 8.42 Å². The van der Waals surface area contributed by atoms with Gasteiger partial charge in [0.15, 0.2) is 9.84 Å². The lowest BCUT2D eigenvalue weighted by atomic mass is 10.1. The van der Waals surface area contributed by atoms with E-state index in [9.17, 15) is 18.3 Å². The highest BCUT2D eigenvalue weighted by Gasteiger charge is 2.23. The molecule has 0 unspecified atom stereocenters. The minimum Gasteiger partial charge on any atom is -0.469 e. The molecule has 0 spiro atoms. The van der Waals surface area contributed by atoms with Crippen LogP contribution in [0.5, 0.6) is 0 Å². The fourth-order valence-corrected chi connectivity index (χ4v) is 3.54. The third kappa shape index (κ3) is 3.95. The molecule has 1 aromatic rings. The van der Waals surface area contributed by atoms with Gasteiger partial charge in [-0.1, -0.05) is 12.1 Å². The maximum Gasteiger partial charge on any atom is 0.309 e. The van der Waals surface area contributed by atoms with Crippen LogP contribution in [0.1, 0.15) is 11.1 Å². The van der Waals surface area contributed by atoms with Gasteiger partial charge in [0.2, 0.25) is 0 Å². The second-order valence-corrected chi connectivity index (χ2v) is 7.32. The number of methoxy groups -OCH3 is 1. The minimum absolute atomic E-state index is 0.110. The molecule has 0 radical (unpaired) electrons. The molecular weight excluding hydrogens is 294 g/mol. The summed E-state index contributed by atoms with van der Waals surface area (Å²) >= 11 is 0. The van der Waals surface area contributed by atoms with E-state index in [2.05, 4.69) is 4.74 Å². The number of ether oxygens (including phenoxy) is 1. The quantitative estimate of drug-likeness (QED) is 0.796. The van der Waals surface area contributed by atoms with Gasteiger partial charge in [-0.15, -0.1) is 0 Å². The molecule has 0 aromatic heterocycles. The van der Waals surface area contributed by atoms with Crippen molar-refractivity contribution < 1.29 is 23.1 Å². The fraction of sp³-hybridized carbons (Fsp3) is 0.500. The van der Waals surface area contributed by atoms with Crippen LogP contribution in [0.15, 0.2) is 18.2 Å². The Morgan fingerprint density at radius 1 is 1.33 bits per heavy atom. The molecule has 0 bridgehead atoms. The van der Waals surface area contributed by atoms with Crippen molar-refractivity contribution in [2.75, 3.05) is 36.6 Å². The topological polar surface area (TPSA) is 83.9 Å². The Labute approximate surface area is 124 Å². The van der Waals surface area contributed by atoms with Gasteiger partial charge in [-0.2, -0.15) is 0 Å². The lowest BCUT2D eigenvalue weighted by molar-refractivity contribution is -0.139. The molecule has 21 heavy (non-hydrogen) atoms. The molecule has 0 atom stereocenters. The van der Waals surface area contributed by atoms with E-state index in [1.807, 2.05) is 11.0 Å². The maximum absolute atomic E-state index is 11.5. The zero-order valence-corrected chi connectivity index (χ0v) is 12.7. The van der Waals surface area contributed by atoms with Gasteiger partial charge in [-0.05, 0) is 11.6 Å². The van der Waals surface area contributed by atoms with E-state index in [0.29, 0.717) is 13.1 Å². The largest absolute Gasteiger partial charge is 0.469 e. The van der Waals surface area contributed by atoms with E-state index >= 15 is 0 Å². The number of benzene rings is 1. The van der Waals surface area contributed by atoms with Crippen molar-refractivity contribution in [2.24, 2.45) is 0 Å². The molecule has 0 amide bonds. The predicted octanol–water partition coefficient (Wildman–Crippen LogP) is 0.129. The number of anilines is 1. The fourth-order valence-electron chi connectivity index (χ4n) is 2.34. The zero-order chi connectivity index (χ0) is 15.5. The minimum atomic E-state index is -2.95.